The first-order chi connectivity index (χ1) is 15.6. The van der Waals surface area contributed by atoms with Gasteiger partial charge in [0.1, 0.15) is 0 Å². The van der Waals surface area contributed by atoms with Crippen molar-refractivity contribution in [3.63, 3.8) is 0 Å². The molecule has 3 amide bonds. The van der Waals surface area contributed by atoms with Gasteiger partial charge in [0.25, 0.3) is 5.91 Å². The Hall–Kier alpha value is -2.47. The minimum atomic E-state index is -0.160. The number of amides is 3. The zero-order valence-electron chi connectivity index (χ0n) is 20.4. The summed E-state index contributed by atoms with van der Waals surface area (Å²) in [6.45, 7) is 8.30. The SMILES string of the molecule is CSc1ccc(NC(=O)N(C)Cc2ccc(C(=O)N3CC4(C)CC3CC(C)(C)C4)cc2)cc1. The van der Waals surface area contributed by atoms with Crippen molar-refractivity contribution in [2.75, 3.05) is 25.2 Å². The Morgan fingerprint density at radius 3 is 2.36 bits per heavy atom. The van der Waals surface area contributed by atoms with E-state index >= 15 is 0 Å². The highest BCUT2D eigenvalue weighted by Gasteiger charge is 2.50. The molecule has 33 heavy (non-hydrogen) atoms. The summed E-state index contributed by atoms with van der Waals surface area (Å²) in [5.74, 6) is 0.132. The largest absolute Gasteiger partial charge is 0.335 e. The first kappa shape index (κ1) is 23.7. The van der Waals surface area contributed by atoms with E-state index in [0.29, 0.717) is 18.0 Å². The Labute approximate surface area is 201 Å². The van der Waals surface area contributed by atoms with E-state index in [-0.39, 0.29) is 17.4 Å². The predicted molar refractivity (Wildman–Crippen MR) is 136 cm³/mol. The van der Waals surface area contributed by atoms with E-state index in [9.17, 15) is 9.59 Å². The summed E-state index contributed by atoms with van der Waals surface area (Å²) in [4.78, 5) is 30.7. The van der Waals surface area contributed by atoms with Crippen molar-refractivity contribution >= 4 is 29.4 Å². The maximum Gasteiger partial charge on any atom is 0.321 e. The number of anilines is 1. The molecule has 5 nitrogen and oxygen atoms in total. The molecule has 2 bridgehead atoms. The molecule has 176 valence electrons. The smallest absolute Gasteiger partial charge is 0.321 e. The molecular weight excluding hydrogens is 430 g/mol. The van der Waals surface area contributed by atoms with Gasteiger partial charge < -0.3 is 15.1 Å². The monoisotopic (exact) mass is 465 g/mol. The van der Waals surface area contributed by atoms with Gasteiger partial charge in [-0.2, -0.15) is 0 Å². The molecule has 6 heteroatoms. The average molecular weight is 466 g/mol. The molecule has 0 spiro atoms. The van der Waals surface area contributed by atoms with Crippen molar-refractivity contribution < 1.29 is 9.59 Å². The van der Waals surface area contributed by atoms with Gasteiger partial charge in [0.05, 0.1) is 0 Å². The van der Waals surface area contributed by atoms with E-state index in [1.54, 1.807) is 23.7 Å². The number of nitrogens with zero attached hydrogens (tertiary/aromatic N) is 2. The molecule has 2 fully saturated rings. The van der Waals surface area contributed by atoms with Crippen LogP contribution in [0.3, 0.4) is 0 Å². The number of likely N-dealkylation sites (tertiary alicyclic amines) is 1. The van der Waals surface area contributed by atoms with Crippen LogP contribution in [0.4, 0.5) is 10.5 Å². The van der Waals surface area contributed by atoms with Crippen molar-refractivity contribution in [1.29, 1.82) is 0 Å². The number of nitrogens with one attached hydrogen (secondary N) is 1. The van der Waals surface area contributed by atoms with Gasteiger partial charge in [-0.1, -0.05) is 32.9 Å². The molecule has 2 aliphatic rings. The minimum Gasteiger partial charge on any atom is -0.335 e. The molecule has 1 N–H and O–H groups in total. The molecular formula is C27H35N3O2S. The van der Waals surface area contributed by atoms with Crippen LogP contribution in [0, 0.1) is 10.8 Å². The number of carbonyl (C=O) groups excluding carboxylic acids is 2. The molecule has 0 radical (unpaired) electrons. The van der Waals surface area contributed by atoms with Gasteiger partial charge >= 0.3 is 6.03 Å². The van der Waals surface area contributed by atoms with E-state index in [4.69, 9.17) is 0 Å². The van der Waals surface area contributed by atoms with Gasteiger partial charge in [0.2, 0.25) is 0 Å². The van der Waals surface area contributed by atoms with E-state index in [1.165, 1.54) is 6.42 Å². The number of thioether (sulfide) groups is 1. The third-order valence-electron chi connectivity index (χ3n) is 6.98. The molecule has 2 aromatic rings. The molecule has 1 heterocycles. The quantitative estimate of drug-likeness (QED) is 0.542. The van der Waals surface area contributed by atoms with Crippen molar-refractivity contribution in [1.82, 2.24) is 9.80 Å². The zero-order valence-corrected chi connectivity index (χ0v) is 21.2. The molecule has 1 aliphatic heterocycles. The maximum absolute atomic E-state index is 13.3. The second-order valence-electron chi connectivity index (χ2n) is 10.9. The van der Waals surface area contributed by atoms with Crippen molar-refractivity contribution in [3.05, 3.63) is 59.7 Å². The average Bonchev–Trinajstić information content (AvgIpc) is 3.02. The first-order valence-corrected chi connectivity index (χ1v) is 12.9. The second kappa shape index (κ2) is 9.05. The number of urea groups is 1. The molecule has 2 atom stereocenters. The van der Waals surface area contributed by atoms with Crippen LogP contribution in [0.15, 0.2) is 53.4 Å². The summed E-state index contributed by atoms with van der Waals surface area (Å²) >= 11 is 1.67. The van der Waals surface area contributed by atoms with Gasteiger partial charge in [0.15, 0.2) is 0 Å². The lowest BCUT2D eigenvalue weighted by Gasteiger charge is -2.39. The first-order valence-electron chi connectivity index (χ1n) is 11.6. The summed E-state index contributed by atoms with van der Waals surface area (Å²) in [5, 5.41) is 2.93. The number of fused-ring (bicyclic) bond motifs is 2. The highest BCUT2D eigenvalue weighted by atomic mass is 32.2. The van der Waals surface area contributed by atoms with Gasteiger partial charge in [-0.15, -0.1) is 11.8 Å². The lowest BCUT2D eigenvalue weighted by Crippen LogP contribution is -2.37. The fraction of sp³-hybridized carbons (Fsp3) is 0.481. The molecule has 1 saturated heterocycles. The second-order valence-corrected chi connectivity index (χ2v) is 11.7. The predicted octanol–water partition coefficient (Wildman–Crippen LogP) is 6.11. The van der Waals surface area contributed by atoms with Crippen LogP contribution in [0.25, 0.3) is 0 Å². The van der Waals surface area contributed by atoms with Crippen LogP contribution in [0.1, 0.15) is 56.0 Å². The molecule has 1 saturated carbocycles. The van der Waals surface area contributed by atoms with Crippen molar-refractivity contribution in [2.24, 2.45) is 10.8 Å². The van der Waals surface area contributed by atoms with Crippen molar-refractivity contribution in [2.45, 2.75) is 57.5 Å². The summed E-state index contributed by atoms with van der Waals surface area (Å²) in [6.07, 6.45) is 5.39. The highest BCUT2D eigenvalue weighted by Crippen LogP contribution is 2.52. The van der Waals surface area contributed by atoms with Gasteiger partial charge in [0, 0.05) is 42.3 Å². The lowest BCUT2D eigenvalue weighted by molar-refractivity contribution is 0.0708. The molecule has 0 aromatic heterocycles. The van der Waals surface area contributed by atoms with E-state index in [0.717, 1.165) is 41.1 Å². The fourth-order valence-electron chi connectivity index (χ4n) is 5.85. The summed E-state index contributed by atoms with van der Waals surface area (Å²) in [6, 6.07) is 15.7. The van der Waals surface area contributed by atoms with Gasteiger partial charge in [-0.05, 0) is 78.3 Å². The van der Waals surface area contributed by atoms with Crippen LogP contribution in [0.2, 0.25) is 0 Å². The Morgan fingerprint density at radius 2 is 1.73 bits per heavy atom. The maximum atomic E-state index is 13.3. The Kier molecular flexibility index (Phi) is 6.50. The number of hydrogen-bond donors (Lipinski definition) is 1. The molecule has 1 aliphatic carbocycles. The highest BCUT2D eigenvalue weighted by molar-refractivity contribution is 7.98. The van der Waals surface area contributed by atoms with E-state index < -0.39 is 0 Å². The molecule has 2 aromatic carbocycles. The van der Waals surface area contributed by atoms with Crippen LogP contribution in [-0.2, 0) is 6.54 Å². The molecule has 4 rings (SSSR count). The molecule has 2 unspecified atom stereocenters. The third kappa shape index (κ3) is 5.37. The number of rotatable bonds is 5. The number of carbonyl (C=O) groups is 2. The normalized spacial score (nSPS) is 23.3. The van der Waals surface area contributed by atoms with Crippen LogP contribution in [0.5, 0.6) is 0 Å². The van der Waals surface area contributed by atoms with E-state index in [1.807, 2.05) is 54.8 Å². The summed E-state index contributed by atoms with van der Waals surface area (Å²) in [5.41, 5.74) is 3.02. The van der Waals surface area contributed by atoms with Crippen LogP contribution < -0.4 is 5.32 Å². The third-order valence-corrected chi connectivity index (χ3v) is 7.73. The van der Waals surface area contributed by atoms with Gasteiger partial charge in [-0.25, -0.2) is 4.79 Å². The topological polar surface area (TPSA) is 52.7 Å². The fourth-order valence-corrected chi connectivity index (χ4v) is 6.26. The summed E-state index contributed by atoms with van der Waals surface area (Å²) < 4.78 is 0. The van der Waals surface area contributed by atoms with Crippen LogP contribution >= 0.6 is 11.8 Å². The van der Waals surface area contributed by atoms with Gasteiger partial charge in [-0.3, -0.25) is 4.79 Å². The Balaban J connectivity index is 1.36. The van der Waals surface area contributed by atoms with Crippen molar-refractivity contribution in [3.8, 4) is 0 Å². The number of hydrogen-bond acceptors (Lipinski definition) is 3. The summed E-state index contributed by atoms with van der Waals surface area (Å²) in [7, 11) is 1.78. The Bertz CT molecular complexity index is 1020. The van der Waals surface area contributed by atoms with E-state index in [2.05, 4.69) is 31.0 Å². The number of benzene rings is 2. The minimum absolute atomic E-state index is 0.132. The standard InChI is InChI=1S/C27H35N3O2S/c1-26(2)14-22-15-27(3,17-26)18-30(22)24(31)20-8-6-19(7-9-20)16-29(4)25(32)28-21-10-12-23(33-5)13-11-21/h6-13,22H,14-18H2,1-5H3,(H,28,32). The lowest BCUT2D eigenvalue weighted by atomic mass is 9.65. The Morgan fingerprint density at radius 1 is 1.06 bits per heavy atom. The van der Waals surface area contributed by atoms with Crippen LogP contribution in [-0.4, -0.2) is 47.6 Å². The zero-order chi connectivity index (χ0) is 23.8.